The summed E-state index contributed by atoms with van der Waals surface area (Å²) in [5.41, 5.74) is 7.68. The van der Waals surface area contributed by atoms with Gasteiger partial charge in [-0.15, -0.1) is 0 Å². The van der Waals surface area contributed by atoms with Gasteiger partial charge in [0.25, 0.3) is 5.56 Å². The van der Waals surface area contributed by atoms with Gasteiger partial charge >= 0.3 is 0 Å². The molecule has 0 radical (unpaired) electrons. The van der Waals surface area contributed by atoms with Gasteiger partial charge in [-0.25, -0.2) is 4.68 Å². The first kappa shape index (κ1) is 13.4. The van der Waals surface area contributed by atoms with E-state index in [2.05, 4.69) is 5.10 Å². The number of rotatable bonds is 3. The molecule has 6 heteroatoms. The molecule has 0 unspecified atom stereocenters. The molecule has 1 heterocycles. The number of nitrogens with zero attached hydrogens (tertiary/aromatic N) is 3. The van der Waals surface area contributed by atoms with Gasteiger partial charge in [-0.3, -0.25) is 4.79 Å². The molecule has 2 rings (SSSR count). The Morgan fingerprint density at radius 3 is 2.74 bits per heavy atom. The highest BCUT2D eigenvalue weighted by Crippen LogP contribution is 2.19. The zero-order chi connectivity index (χ0) is 14.0. The van der Waals surface area contributed by atoms with Crippen molar-refractivity contribution < 1.29 is 0 Å². The first-order chi connectivity index (χ1) is 8.97. The summed E-state index contributed by atoms with van der Waals surface area (Å²) in [7, 11) is 3.71. The molecule has 2 aromatic rings. The van der Waals surface area contributed by atoms with Crippen molar-refractivity contribution in [1.82, 2.24) is 9.78 Å². The van der Waals surface area contributed by atoms with Gasteiger partial charge in [0.1, 0.15) is 0 Å². The van der Waals surface area contributed by atoms with Crippen LogP contribution in [0.15, 0.2) is 35.3 Å². The summed E-state index contributed by atoms with van der Waals surface area (Å²) in [5.74, 6) is 0. The average Bonchev–Trinajstić information content (AvgIpc) is 2.36. The minimum atomic E-state index is -0.176. The van der Waals surface area contributed by atoms with Crippen LogP contribution < -0.4 is 16.2 Å². The highest BCUT2D eigenvalue weighted by atomic mass is 35.5. The van der Waals surface area contributed by atoms with E-state index in [0.717, 1.165) is 11.3 Å². The summed E-state index contributed by atoms with van der Waals surface area (Å²) < 4.78 is 1.35. The zero-order valence-corrected chi connectivity index (χ0v) is 11.6. The third-order valence-electron chi connectivity index (χ3n) is 2.76. The first-order valence-electron chi connectivity index (χ1n) is 5.76. The molecule has 1 aromatic heterocycles. The van der Waals surface area contributed by atoms with Crippen molar-refractivity contribution in [3.8, 4) is 0 Å². The number of aromatic nitrogens is 2. The fraction of sp³-hybridized carbons (Fsp3) is 0.231. The fourth-order valence-corrected chi connectivity index (χ4v) is 1.84. The number of hydrogen-bond donors (Lipinski definition) is 1. The predicted molar refractivity (Wildman–Crippen MR) is 77.8 cm³/mol. The molecule has 2 N–H and O–H groups in total. The van der Waals surface area contributed by atoms with Crippen molar-refractivity contribution in [2.75, 3.05) is 24.7 Å². The van der Waals surface area contributed by atoms with Gasteiger partial charge in [-0.2, -0.15) is 5.10 Å². The Bertz CT molecular complexity index is 651. The van der Waals surface area contributed by atoms with Crippen LogP contribution in [0.1, 0.15) is 5.56 Å². The number of benzene rings is 1. The number of halogens is 1. The van der Waals surface area contributed by atoms with Crippen molar-refractivity contribution in [3.05, 3.63) is 51.4 Å². The van der Waals surface area contributed by atoms with Crippen LogP contribution in [0.5, 0.6) is 0 Å². The average molecular weight is 279 g/mol. The lowest BCUT2D eigenvalue weighted by molar-refractivity contribution is 0.638. The van der Waals surface area contributed by atoms with Crippen LogP contribution in [0.4, 0.5) is 11.4 Å². The quantitative estimate of drug-likeness (QED) is 0.866. The highest BCUT2D eigenvalue weighted by molar-refractivity contribution is 6.31. The van der Waals surface area contributed by atoms with E-state index < -0.39 is 0 Å². The van der Waals surface area contributed by atoms with E-state index in [4.69, 9.17) is 17.3 Å². The Hall–Kier alpha value is -2.01. The van der Waals surface area contributed by atoms with E-state index >= 15 is 0 Å². The topological polar surface area (TPSA) is 64.2 Å². The van der Waals surface area contributed by atoms with Crippen LogP contribution in [-0.2, 0) is 6.54 Å². The van der Waals surface area contributed by atoms with E-state index in [1.165, 1.54) is 10.7 Å². The molecule has 0 aliphatic heterocycles. The highest BCUT2D eigenvalue weighted by Gasteiger charge is 2.06. The summed E-state index contributed by atoms with van der Waals surface area (Å²) in [6.45, 7) is 0.302. The Kier molecular flexibility index (Phi) is 3.76. The lowest BCUT2D eigenvalue weighted by Crippen LogP contribution is -2.24. The number of hydrogen-bond acceptors (Lipinski definition) is 4. The molecule has 0 spiro atoms. The maximum Gasteiger partial charge on any atom is 0.269 e. The van der Waals surface area contributed by atoms with Crippen molar-refractivity contribution in [3.63, 3.8) is 0 Å². The maximum absolute atomic E-state index is 11.9. The molecular weight excluding hydrogens is 264 g/mol. The SMILES string of the molecule is CN(C)c1cnn(Cc2cc(N)ccc2Cl)c(=O)c1. The van der Waals surface area contributed by atoms with Gasteiger partial charge in [0.2, 0.25) is 0 Å². The molecule has 0 bridgehead atoms. The Morgan fingerprint density at radius 2 is 2.11 bits per heavy atom. The smallest absolute Gasteiger partial charge is 0.269 e. The molecule has 0 saturated carbocycles. The molecule has 1 aromatic carbocycles. The number of nitrogen functional groups attached to an aromatic ring is 1. The summed E-state index contributed by atoms with van der Waals surface area (Å²) in [4.78, 5) is 13.8. The predicted octanol–water partition coefficient (Wildman–Crippen LogP) is 1.59. The van der Waals surface area contributed by atoms with E-state index in [-0.39, 0.29) is 5.56 Å². The van der Waals surface area contributed by atoms with Gasteiger partial charge in [-0.05, 0) is 23.8 Å². The van der Waals surface area contributed by atoms with Gasteiger partial charge in [0.05, 0.1) is 18.4 Å². The van der Waals surface area contributed by atoms with Crippen molar-refractivity contribution >= 4 is 23.0 Å². The van der Waals surface area contributed by atoms with Crippen LogP contribution in [0, 0.1) is 0 Å². The molecule has 5 nitrogen and oxygen atoms in total. The molecule has 19 heavy (non-hydrogen) atoms. The largest absolute Gasteiger partial charge is 0.399 e. The fourth-order valence-electron chi connectivity index (χ4n) is 1.66. The lowest BCUT2D eigenvalue weighted by Gasteiger charge is -2.13. The van der Waals surface area contributed by atoms with Crippen molar-refractivity contribution in [2.45, 2.75) is 6.54 Å². The summed E-state index contributed by atoms with van der Waals surface area (Å²) in [6, 6.07) is 6.71. The van der Waals surface area contributed by atoms with E-state index in [9.17, 15) is 4.79 Å². The Balaban J connectivity index is 2.34. The second kappa shape index (κ2) is 5.32. The zero-order valence-electron chi connectivity index (χ0n) is 10.8. The van der Waals surface area contributed by atoms with Crippen LogP contribution in [-0.4, -0.2) is 23.9 Å². The standard InChI is InChI=1S/C13H15ClN4O/c1-17(2)11-6-13(19)18(16-7-11)8-9-5-10(15)3-4-12(9)14/h3-7H,8,15H2,1-2H3. The third kappa shape index (κ3) is 3.06. The third-order valence-corrected chi connectivity index (χ3v) is 3.13. The second-order valence-electron chi connectivity index (χ2n) is 4.45. The molecule has 0 saturated heterocycles. The van der Waals surface area contributed by atoms with E-state index in [0.29, 0.717) is 17.3 Å². The van der Waals surface area contributed by atoms with Crippen molar-refractivity contribution in [2.24, 2.45) is 0 Å². The molecule has 0 amide bonds. The van der Waals surface area contributed by atoms with E-state index in [1.807, 2.05) is 19.0 Å². The van der Waals surface area contributed by atoms with Gasteiger partial charge in [-0.1, -0.05) is 11.6 Å². The van der Waals surface area contributed by atoms with Crippen LogP contribution >= 0.6 is 11.6 Å². The van der Waals surface area contributed by atoms with Crippen LogP contribution in [0.2, 0.25) is 5.02 Å². The summed E-state index contributed by atoms with van der Waals surface area (Å²) >= 11 is 6.07. The molecule has 0 atom stereocenters. The maximum atomic E-state index is 11.9. The van der Waals surface area contributed by atoms with Gasteiger partial charge in [0, 0.05) is 30.9 Å². The lowest BCUT2D eigenvalue weighted by atomic mass is 10.2. The molecule has 0 aliphatic carbocycles. The second-order valence-corrected chi connectivity index (χ2v) is 4.86. The van der Waals surface area contributed by atoms with Crippen LogP contribution in [0.25, 0.3) is 0 Å². The van der Waals surface area contributed by atoms with Crippen LogP contribution in [0.3, 0.4) is 0 Å². The normalized spacial score (nSPS) is 10.5. The van der Waals surface area contributed by atoms with Gasteiger partial charge in [0.15, 0.2) is 0 Å². The minimum absolute atomic E-state index is 0.176. The first-order valence-corrected chi connectivity index (χ1v) is 6.13. The Morgan fingerprint density at radius 1 is 1.37 bits per heavy atom. The summed E-state index contributed by atoms with van der Waals surface area (Å²) in [6.07, 6.45) is 1.64. The molecular formula is C13H15ClN4O. The Labute approximate surface area is 116 Å². The minimum Gasteiger partial charge on any atom is -0.399 e. The monoisotopic (exact) mass is 278 g/mol. The van der Waals surface area contributed by atoms with Gasteiger partial charge < -0.3 is 10.6 Å². The molecule has 0 aliphatic rings. The van der Waals surface area contributed by atoms with E-state index in [1.54, 1.807) is 24.4 Å². The number of nitrogens with two attached hydrogens (primary N) is 1. The van der Waals surface area contributed by atoms with Crippen molar-refractivity contribution in [1.29, 1.82) is 0 Å². The number of anilines is 2. The molecule has 0 fully saturated rings. The summed E-state index contributed by atoms with van der Waals surface area (Å²) in [5, 5.41) is 4.70. The molecule has 100 valence electrons.